The van der Waals surface area contributed by atoms with E-state index in [-0.39, 0.29) is 43.1 Å². The Hall–Kier alpha value is -4.27. The Bertz CT molecular complexity index is 1420. The Kier molecular flexibility index (Phi) is 40.4. The van der Waals surface area contributed by atoms with Crippen molar-refractivity contribution in [3.05, 3.63) is 122 Å². The Morgan fingerprint density at radius 1 is 0.484 bits per heavy atom. The van der Waals surface area contributed by atoms with Crippen LogP contribution in [0.5, 0.6) is 0 Å². The summed E-state index contributed by atoms with van der Waals surface area (Å²) in [5, 5.41) is 11.6. The van der Waals surface area contributed by atoms with E-state index in [1.807, 2.05) is 12.2 Å². The highest BCUT2D eigenvalue weighted by Crippen LogP contribution is 2.12. The van der Waals surface area contributed by atoms with E-state index in [0.29, 0.717) is 12.8 Å². The number of carbonyl (C=O) groups excluding carboxylic acids is 3. The molecule has 8 nitrogen and oxygen atoms in total. The first-order valence-electron chi connectivity index (χ1n) is 23.6. The van der Waals surface area contributed by atoms with E-state index in [0.717, 1.165) is 96.3 Å². The highest BCUT2D eigenvalue weighted by Gasteiger charge is 2.25. The zero-order chi connectivity index (χ0) is 45.6. The number of quaternary nitrogens is 1. The molecule has 0 N–H and O–H groups in total. The van der Waals surface area contributed by atoms with E-state index in [1.165, 1.54) is 12.8 Å². The first-order valence-corrected chi connectivity index (χ1v) is 23.6. The fourth-order valence-corrected chi connectivity index (χ4v) is 6.03. The second-order valence-corrected chi connectivity index (χ2v) is 16.2. The van der Waals surface area contributed by atoms with Gasteiger partial charge in [-0.1, -0.05) is 161 Å². The molecule has 0 aromatic rings. The van der Waals surface area contributed by atoms with Gasteiger partial charge in [0.15, 0.2) is 6.10 Å². The van der Waals surface area contributed by atoms with Gasteiger partial charge in [-0.05, 0) is 89.9 Å². The Morgan fingerprint density at radius 3 is 1.32 bits per heavy atom. The summed E-state index contributed by atoms with van der Waals surface area (Å²) in [6.07, 6.45) is 61.0. The number of nitrogens with zero attached hydrogens (tertiary/aromatic N) is 1. The summed E-state index contributed by atoms with van der Waals surface area (Å²) >= 11 is 0. The second kappa shape index (κ2) is 43.4. The molecule has 62 heavy (non-hydrogen) atoms. The molecule has 0 aliphatic heterocycles. The van der Waals surface area contributed by atoms with Crippen molar-refractivity contribution in [1.82, 2.24) is 0 Å². The number of ether oxygens (including phenoxy) is 3. The number of carbonyl (C=O) groups is 3. The van der Waals surface area contributed by atoms with Gasteiger partial charge in [-0.2, -0.15) is 0 Å². The lowest BCUT2D eigenvalue weighted by Crippen LogP contribution is -2.55. The Balaban J connectivity index is 4.48. The molecule has 0 amide bonds. The molecular weight excluding hydrogens is 775 g/mol. The van der Waals surface area contributed by atoms with Gasteiger partial charge in [0, 0.05) is 19.3 Å². The van der Waals surface area contributed by atoms with Gasteiger partial charge in [0.25, 0.3) is 0 Å². The number of unbranched alkanes of at least 4 members (excludes halogenated alkanes) is 6. The zero-order valence-corrected chi connectivity index (χ0v) is 39.5. The minimum atomic E-state index is -1.14. The second-order valence-electron chi connectivity index (χ2n) is 16.2. The Labute approximate surface area is 378 Å². The van der Waals surface area contributed by atoms with Crippen LogP contribution in [0.15, 0.2) is 122 Å². The summed E-state index contributed by atoms with van der Waals surface area (Å²) in [5.74, 6) is -1.88. The van der Waals surface area contributed by atoms with Crippen molar-refractivity contribution in [2.75, 3.05) is 41.0 Å². The molecule has 2 atom stereocenters. The normalized spacial score (nSPS) is 14.0. The molecule has 0 radical (unpaired) electrons. The van der Waals surface area contributed by atoms with Crippen molar-refractivity contribution in [1.29, 1.82) is 0 Å². The molecule has 0 heterocycles. The van der Waals surface area contributed by atoms with Crippen LogP contribution in [-0.2, 0) is 28.6 Å². The maximum absolute atomic E-state index is 12.7. The van der Waals surface area contributed by atoms with E-state index in [2.05, 4.69) is 123 Å². The average Bonchev–Trinajstić information content (AvgIpc) is 3.23. The summed E-state index contributed by atoms with van der Waals surface area (Å²) in [4.78, 5) is 36.9. The lowest BCUT2D eigenvalue weighted by atomic mass is 10.1. The van der Waals surface area contributed by atoms with Crippen LogP contribution in [0.3, 0.4) is 0 Å². The van der Waals surface area contributed by atoms with Gasteiger partial charge >= 0.3 is 11.9 Å². The van der Waals surface area contributed by atoms with Crippen LogP contribution in [0.1, 0.15) is 149 Å². The predicted molar refractivity (Wildman–Crippen MR) is 258 cm³/mol. The molecule has 8 heteroatoms. The number of esters is 2. The molecule has 2 unspecified atom stereocenters. The molecule has 0 aliphatic rings. The average molecular weight is 860 g/mol. The lowest BCUT2D eigenvalue weighted by molar-refractivity contribution is -0.889. The zero-order valence-electron chi connectivity index (χ0n) is 39.5. The highest BCUT2D eigenvalue weighted by molar-refractivity contribution is 5.70. The first kappa shape index (κ1) is 57.7. The van der Waals surface area contributed by atoms with Gasteiger partial charge in [0.1, 0.15) is 12.6 Å². The number of carboxylic acid groups (broad SMARTS) is 1. The number of hydrogen-bond acceptors (Lipinski definition) is 7. The molecule has 0 aliphatic carbocycles. The summed E-state index contributed by atoms with van der Waals surface area (Å²) in [6, 6.07) is -0.749. The summed E-state index contributed by atoms with van der Waals surface area (Å²) in [5.41, 5.74) is 0. The van der Waals surface area contributed by atoms with Crippen molar-refractivity contribution >= 4 is 17.9 Å². The summed E-state index contributed by atoms with van der Waals surface area (Å²) in [7, 11) is 5.36. The predicted octanol–water partition coefficient (Wildman–Crippen LogP) is 12.1. The van der Waals surface area contributed by atoms with E-state index >= 15 is 0 Å². The van der Waals surface area contributed by atoms with Crippen LogP contribution < -0.4 is 5.11 Å². The topological polar surface area (TPSA) is 102 Å². The van der Waals surface area contributed by atoms with Gasteiger partial charge in [0.2, 0.25) is 0 Å². The fourth-order valence-electron chi connectivity index (χ4n) is 6.03. The van der Waals surface area contributed by atoms with E-state index in [9.17, 15) is 19.5 Å². The molecule has 0 bridgehead atoms. The van der Waals surface area contributed by atoms with Crippen molar-refractivity contribution in [3.63, 3.8) is 0 Å². The smallest absolute Gasteiger partial charge is 0.306 e. The molecule has 0 fully saturated rings. The maximum atomic E-state index is 12.7. The van der Waals surface area contributed by atoms with Gasteiger partial charge in [0.05, 0.1) is 40.3 Å². The Morgan fingerprint density at radius 2 is 0.887 bits per heavy atom. The maximum Gasteiger partial charge on any atom is 0.306 e. The lowest BCUT2D eigenvalue weighted by Gasteiger charge is -2.34. The number of likely N-dealkylation sites (N-methyl/N-ethyl adjacent to an activating group) is 1. The van der Waals surface area contributed by atoms with Crippen molar-refractivity contribution in [2.24, 2.45) is 0 Å². The largest absolute Gasteiger partial charge is 0.544 e. The molecule has 348 valence electrons. The molecule has 0 aromatic carbocycles. The van der Waals surface area contributed by atoms with E-state index in [1.54, 1.807) is 21.1 Å². The van der Waals surface area contributed by atoms with Crippen molar-refractivity contribution in [2.45, 2.75) is 161 Å². The first-order chi connectivity index (χ1) is 30.1. The van der Waals surface area contributed by atoms with Crippen LogP contribution in [0, 0.1) is 0 Å². The molecule has 0 spiro atoms. The minimum Gasteiger partial charge on any atom is -0.544 e. The SMILES string of the molecule is CC/C=C/C/C=C/C/C=C/C/C=C/C/C=C/C/C=C/CCC(=O)OC(COCCC(C(=O)[O-])[N+](C)(C)C)COC(=O)CCCCCCCC/C=C/C/C=C/C/C=C/C/C=C/CC. The number of aliphatic carboxylic acids is 1. The van der Waals surface area contributed by atoms with Crippen LogP contribution >= 0.6 is 0 Å². The highest BCUT2D eigenvalue weighted by atomic mass is 16.6. The van der Waals surface area contributed by atoms with Crippen LogP contribution in [0.4, 0.5) is 0 Å². The van der Waals surface area contributed by atoms with E-state index in [4.69, 9.17) is 14.2 Å². The number of allylic oxidation sites excluding steroid dienone is 20. The van der Waals surface area contributed by atoms with Gasteiger partial charge in [-0.15, -0.1) is 0 Å². The summed E-state index contributed by atoms with van der Waals surface area (Å²) in [6.45, 7) is 4.31. The van der Waals surface area contributed by atoms with Gasteiger partial charge in [-0.25, -0.2) is 0 Å². The van der Waals surface area contributed by atoms with Crippen molar-refractivity contribution < 1.29 is 38.2 Å². The third kappa shape index (κ3) is 41.1. The summed E-state index contributed by atoms with van der Waals surface area (Å²) < 4.78 is 17.1. The van der Waals surface area contributed by atoms with Gasteiger partial charge < -0.3 is 28.6 Å². The third-order valence-corrected chi connectivity index (χ3v) is 9.61. The minimum absolute atomic E-state index is 0.00322. The van der Waals surface area contributed by atoms with Gasteiger partial charge in [-0.3, -0.25) is 9.59 Å². The molecule has 0 aromatic heterocycles. The standard InChI is InChI=1S/C54H85NO7/c1-6-8-10-12-14-16-18-20-22-24-26-28-30-32-34-36-38-40-42-44-52(56)61-49-50(48-60-47-46-51(54(58)59)55(3,4)5)62-53(57)45-43-41-39-37-35-33-31-29-27-25-23-21-19-17-15-13-11-9-7-2/h8-11,14-17,20-23,26-29,33,35,39,41,50-51H,6-7,12-13,18-19,24-25,30-32,34,36-38,40,42-49H2,1-5H3/b10-8+,11-9+,16-14+,17-15+,22-20+,23-21+,28-26+,29-27+,35-33+,41-39+. The number of carboxylic acids is 1. The van der Waals surface area contributed by atoms with E-state index < -0.39 is 24.1 Å². The number of rotatable bonds is 40. The van der Waals surface area contributed by atoms with Crippen LogP contribution in [0.2, 0.25) is 0 Å². The monoisotopic (exact) mass is 860 g/mol. The van der Waals surface area contributed by atoms with Crippen molar-refractivity contribution in [3.8, 4) is 0 Å². The molecular formula is C54H85NO7. The molecule has 0 rings (SSSR count). The van der Waals surface area contributed by atoms with Crippen LogP contribution in [0.25, 0.3) is 0 Å². The quantitative estimate of drug-likeness (QED) is 0.0262. The third-order valence-electron chi connectivity index (χ3n) is 9.61. The van der Waals surface area contributed by atoms with Crippen LogP contribution in [-0.4, -0.2) is 75.5 Å². The number of hydrogen-bond donors (Lipinski definition) is 0. The fraction of sp³-hybridized carbons (Fsp3) is 0.574. The molecule has 0 saturated heterocycles. The molecule has 0 saturated carbocycles.